The fraction of sp³-hybridized carbons (Fsp3) is 0.565. The predicted molar refractivity (Wildman–Crippen MR) is 110 cm³/mol. The predicted octanol–water partition coefficient (Wildman–Crippen LogP) is 4.53. The standard InChI is InChI=1S/C23H29N3O4/c27-20(28)13-17(12-6-9-16-7-2-1-3-8-16)22-24-21(25-30-22)23(29)26-14-18-10-4-5-11-19(18)15-26/h4-5,10-11,16-17H,1-3,6-9,12-15H2,(H,27,28)/t17-/m1/s1. The molecule has 1 aromatic carbocycles. The number of hydrogen-bond acceptors (Lipinski definition) is 5. The van der Waals surface area contributed by atoms with Crippen LogP contribution < -0.4 is 0 Å². The van der Waals surface area contributed by atoms with E-state index in [-0.39, 0.29) is 30.0 Å². The van der Waals surface area contributed by atoms with Crippen molar-refractivity contribution in [1.82, 2.24) is 15.0 Å². The molecule has 1 atom stereocenters. The number of carboxylic acids is 1. The van der Waals surface area contributed by atoms with Gasteiger partial charge in [0.1, 0.15) is 0 Å². The van der Waals surface area contributed by atoms with Gasteiger partial charge in [-0.25, -0.2) is 0 Å². The van der Waals surface area contributed by atoms with Gasteiger partial charge in [0, 0.05) is 19.0 Å². The first kappa shape index (κ1) is 20.6. The maximum absolute atomic E-state index is 12.8. The zero-order chi connectivity index (χ0) is 20.9. The number of hydrogen-bond donors (Lipinski definition) is 1. The van der Waals surface area contributed by atoms with Crippen LogP contribution in [0.25, 0.3) is 0 Å². The van der Waals surface area contributed by atoms with Crippen molar-refractivity contribution in [1.29, 1.82) is 0 Å². The smallest absolute Gasteiger partial charge is 0.304 e. The van der Waals surface area contributed by atoms with E-state index in [9.17, 15) is 14.7 Å². The van der Waals surface area contributed by atoms with Gasteiger partial charge in [0.05, 0.1) is 6.42 Å². The van der Waals surface area contributed by atoms with Gasteiger partial charge in [0.2, 0.25) is 5.89 Å². The van der Waals surface area contributed by atoms with E-state index < -0.39 is 5.97 Å². The number of fused-ring (bicyclic) bond motifs is 1. The molecule has 1 aliphatic heterocycles. The summed E-state index contributed by atoms with van der Waals surface area (Å²) >= 11 is 0. The fourth-order valence-electron chi connectivity index (χ4n) is 4.76. The van der Waals surface area contributed by atoms with E-state index in [0.717, 1.165) is 29.9 Å². The molecule has 0 saturated heterocycles. The third-order valence-electron chi connectivity index (χ3n) is 6.42. The van der Waals surface area contributed by atoms with Gasteiger partial charge in [-0.1, -0.05) is 74.4 Å². The first-order valence-corrected chi connectivity index (χ1v) is 11.0. The van der Waals surface area contributed by atoms with Gasteiger partial charge in [-0.05, 0) is 23.5 Å². The lowest BCUT2D eigenvalue weighted by molar-refractivity contribution is -0.137. The molecule has 30 heavy (non-hydrogen) atoms. The Bertz CT molecular complexity index is 863. The average Bonchev–Trinajstić information content (AvgIpc) is 3.40. The van der Waals surface area contributed by atoms with Gasteiger partial charge < -0.3 is 14.5 Å². The Morgan fingerprint density at radius 1 is 1.13 bits per heavy atom. The lowest BCUT2D eigenvalue weighted by atomic mass is 9.84. The number of amides is 1. The van der Waals surface area contributed by atoms with Crippen molar-refractivity contribution in [2.75, 3.05) is 0 Å². The first-order valence-electron chi connectivity index (χ1n) is 11.0. The number of carboxylic acid groups (broad SMARTS) is 1. The number of aliphatic carboxylic acids is 1. The molecule has 160 valence electrons. The third-order valence-corrected chi connectivity index (χ3v) is 6.42. The highest BCUT2D eigenvalue weighted by molar-refractivity contribution is 5.90. The second-order valence-electron chi connectivity index (χ2n) is 8.62. The topological polar surface area (TPSA) is 96.5 Å². The molecular formula is C23H29N3O4. The van der Waals surface area contributed by atoms with Crippen LogP contribution in [0.2, 0.25) is 0 Å². The van der Waals surface area contributed by atoms with Gasteiger partial charge in [-0.15, -0.1) is 0 Å². The molecule has 2 aromatic rings. The number of nitrogens with zero attached hydrogens (tertiary/aromatic N) is 3. The van der Waals surface area contributed by atoms with Gasteiger partial charge >= 0.3 is 5.97 Å². The Kier molecular flexibility index (Phi) is 6.45. The minimum absolute atomic E-state index is 0.0143. The molecule has 4 rings (SSSR count). The van der Waals surface area contributed by atoms with Crippen molar-refractivity contribution >= 4 is 11.9 Å². The number of rotatable bonds is 8. The summed E-state index contributed by atoms with van der Waals surface area (Å²) in [5.41, 5.74) is 2.25. The SMILES string of the molecule is O=C(O)C[C@@H](CCCC1CCCCC1)c1nc(C(=O)N2Cc3ccccc3C2)no1. The van der Waals surface area contributed by atoms with E-state index in [1.54, 1.807) is 4.90 Å². The summed E-state index contributed by atoms with van der Waals surface area (Å²) < 4.78 is 5.36. The Morgan fingerprint density at radius 3 is 2.50 bits per heavy atom. The number of aromatic nitrogens is 2. The highest BCUT2D eigenvalue weighted by Crippen LogP contribution is 2.31. The van der Waals surface area contributed by atoms with Crippen LogP contribution in [0.15, 0.2) is 28.8 Å². The summed E-state index contributed by atoms with van der Waals surface area (Å²) in [4.78, 5) is 30.2. The molecule has 1 aromatic heterocycles. The summed E-state index contributed by atoms with van der Waals surface area (Å²) in [7, 11) is 0. The lowest BCUT2D eigenvalue weighted by Crippen LogP contribution is -2.26. The molecule has 1 saturated carbocycles. The van der Waals surface area contributed by atoms with Crippen molar-refractivity contribution in [3.05, 3.63) is 47.1 Å². The van der Waals surface area contributed by atoms with Crippen LogP contribution in [0, 0.1) is 5.92 Å². The van der Waals surface area contributed by atoms with Crippen molar-refractivity contribution in [3.8, 4) is 0 Å². The number of carbonyl (C=O) groups is 2. The highest BCUT2D eigenvalue weighted by Gasteiger charge is 2.29. The first-order chi connectivity index (χ1) is 14.6. The van der Waals surface area contributed by atoms with Crippen molar-refractivity contribution < 1.29 is 19.2 Å². The van der Waals surface area contributed by atoms with Crippen LogP contribution in [0.4, 0.5) is 0 Å². The van der Waals surface area contributed by atoms with Gasteiger partial charge in [-0.2, -0.15) is 4.98 Å². The maximum atomic E-state index is 12.8. The van der Waals surface area contributed by atoms with E-state index in [2.05, 4.69) is 10.1 Å². The number of carbonyl (C=O) groups excluding carboxylic acids is 1. The van der Waals surface area contributed by atoms with Crippen LogP contribution in [0.3, 0.4) is 0 Å². The highest BCUT2D eigenvalue weighted by atomic mass is 16.5. The molecule has 7 heteroatoms. The molecule has 0 spiro atoms. The number of benzene rings is 1. The monoisotopic (exact) mass is 411 g/mol. The largest absolute Gasteiger partial charge is 0.481 e. The van der Waals surface area contributed by atoms with Crippen molar-refractivity contribution in [3.63, 3.8) is 0 Å². The summed E-state index contributed by atoms with van der Waals surface area (Å²) in [6.45, 7) is 1.05. The summed E-state index contributed by atoms with van der Waals surface area (Å²) in [6.07, 6.45) is 9.18. The zero-order valence-corrected chi connectivity index (χ0v) is 17.3. The summed E-state index contributed by atoms with van der Waals surface area (Å²) in [5.74, 6) is -0.491. The normalized spacial score (nSPS) is 17.7. The van der Waals surface area contributed by atoms with Crippen LogP contribution in [0.5, 0.6) is 0 Å². The van der Waals surface area contributed by atoms with Crippen LogP contribution in [-0.4, -0.2) is 32.0 Å². The summed E-state index contributed by atoms with van der Waals surface area (Å²) in [6, 6.07) is 7.95. The molecule has 7 nitrogen and oxygen atoms in total. The molecular weight excluding hydrogens is 382 g/mol. The maximum Gasteiger partial charge on any atom is 0.304 e. The molecule has 1 amide bonds. The second kappa shape index (κ2) is 9.41. The van der Waals surface area contributed by atoms with Gasteiger partial charge in [0.25, 0.3) is 11.7 Å². The fourth-order valence-corrected chi connectivity index (χ4v) is 4.76. The van der Waals surface area contributed by atoms with E-state index in [1.165, 1.54) is 32.1 Å². The Morgan fingerprint density at radius 2 is 1.83 bits per heavy atom. The Balaban J connectivity index is 1.37. The molecule has 0 unspecified atom stereocenters. The molecule has 1 fully saturated rings. The molecule has 2 heterocycles. The van der Waals surface area contributed by atoms with Crippen LogP contribution in [-0.2, 0) is 17.9 Å². The molecule has 1 aliphatic carbocycles. The lowest BCUT2D eigenvalue weighted by Gasteiger charge is -2.21. The average molecular weight is 412 g/mol. The Labute approximate surface area is 176 Å². The molecule has 0 radical (unpaired) electrons. The van der Waals surface area contributed by atoms with Crippen molar-refractivity contribution in [2.45, 2.75) is 76.8 Å². The van der Waals surface area contributed by atoms with Gasteiger partial charge in [0.15, 0.2) is 0 Å². The molecule has 1 N–H and O–H groups in total. The minimum Gasteiger partial charge on any atom is -0.481 e. The molecule has 0 bridgehead atoms. The second-order valence-corrected chi connectivity index (χ2v) is 8.62. The molecule has 2 aliphatic rings. The quantitative estimate of drug-likeness (QED) is 0.685. The zero-order valence-electron chi connectivity index (χ0n) is 17.3. The van der Waals surface area contributed by atoms with E-state index in [0.29, 0.717) is 19.5 Å². The van der Waals surface area contributed by atoms with Gasteiger partial charge in [-0.3, -0.25) is 9.59 Å². The van der Waals surface area contributed by atoms with E-state index >= 15 is 0 Å². The minimum atomic E-state index is -0.890. The third kappa shape index (κ3) is 4.89. The van der Waals surface area contributed by atoms with Crippen LogP contribution >= 0.6 is 0 Å². The Hall–Kier alpha value is -2.70. The van der Waals surface area contributed by atoms with E-state index in [1.807, 2.05) is 24.3 Å². The van der Waals surface area contributed by atoms with Crippen molar-refractivity contribution in [2.24, 2.45) is 5.92 Å². The van der Waals surface area contributed by atoms with E-state index in [4.69, 9.17) is 4.52 Å². The summed E-state index contributed by atoms with van der Waals surface area (Å²) in [5, 5.41) is 13.2. The van der Waals surface area contributed by atoms with Crippen LogP contribution in [0.1, 0.15) is 91.3 Å².